The molecule has 2 unspecified atom stereocenters. The Morgan fingerprint density at radius 3 is 3.12 bits per heavy atom. The molecule has 92 valence electrons. The van der Waals surface area contributed by atoms with E-state index in [0.717, 1.165) is 18.8 Å². The van der Waals surface area contributed by atoms with Gasteiger partial charge in [-0.1, -0.05) is 6.07 Å². The first kappa shape index (κ1) is 10.9. The van der Waals surface area contributed by atoms with Crippen LogP contribution in [0.5, 0.6) is 0 Å². The van der Waals surface area contributed by atoms with Crippen LogP contribution in [0.25, 0.3) is 0 Å². The van der Waals surface area contributed by atoms with Gasteiger partial charge in [0, 0.05) is 17.9 Å². The smallest absolute Gasteiger partial charge is 0.0779 e. The fraction of sp³-hybridized carbons (Fsp3) is 0.571. The van der Waals surface area contributed by atoms with Crippen molar-refractivity contribution in [1.82, 2.24) is 0 Å². The molecule has 1 aliphatic carbocycles. The summed E-state index contributed by atoms with van der Waals surface area (Å²) in [5.41, 5.74) is 9.40. The van der Waals surface area contributed by atoms with Crippen LogP contribution in [0.2, 0.25) is 0 Å². The summed E-state index contributed by atoms with van der Waals surface area (Å²) in [6.45, 7) is 3.95. The molecule has 0 bridgehead atoms. The molecule has 0 aromatic heterocycles. The van der Waals surface area contributed by atoms with Gasteiger partial charge in [0.25, 0.3) is 0 Å². The highest BCUT2D eigenvalue weighted by atomic mass is 16.5. The summed E-state index contributed by atoms with van der Waals surface area (Å²) in [4.78, 5) is 2.51. The zero-order chi connectivity index (χ0) is 11.8. The molecule has 2 aliphatic rings. The van der Waals surface area contributed by atoms with Crippen molar-refractivity contribution in [3.8, 4) is 0 Å². The molecule has 0 spiro atoms. The van der Waals surface area contributed by atoms with Gasteiger partial charge in [-0.05, 0) is 43.9 Å². The summed E-state index contributed by atoms with van der Waals surface area (Å²) in [5.74, 6) is 0. The van der Waals surface area contributed by atoms with E-state index in [4.69, 9.17) is 10.5 Å². The zero-order valence-corrected chi connectivity index (χ0v) is 10.4. The summed E-state index contributed by atoms with van der Waals surface area (Å²) in [5, 5.41) is 0. The molecule has 0 amide bonds. The van der Waals surface area contributed by atoms with Crippen molar-refractivity contribution in [2.75, 3.05) is 23.8 Å². The average molecular weight is 232 g/mol. The number of nitrogens with zero attached hydrogens (tertiary/aromatic N) is 1. The van der Waals surface area contributed by atoms with Crippen LogP contribution < -0.4 is 10.6 Å². The number of hydrogen-bond donors (Lipinski definition) is 1. The van der Waals surface area contributed by atoms with E-state index in [1.165, 1.54) is 30.5 Å². The van der Waals surface area contributed by atoms with Crippen molar-refractivity contribution in [1.29, 1.82) is 0 Å². The highest BCUT2D eigenvalue weighted by molar-refractivity contribution is 5.65. The van der Waals surface area contributed by atoms with Gasteiger partial charge < -0.3 is 15.4 Å². The Labute approximate surface area is 103 Å². The van der Waals surface area contributed by atoms with E-state index in [1.54, 1.807) is 0 Å². The third kappa shape index (κ3) is 1.78. The molecule has 1 aliphatic heterocycles. The first-order valence-electron chi connectivity index (χ1n) is 6.50. The molecule has 1 aromatic rings. The van der Waals surface area contributed by atoms with E-state index >= 15 is 0 Å². The number of rotatable bonds is 1. The molecule has 2 atom stereocenters. The molecule has 2 N–H and O–H groups in total. The molecule has 1 saturated heterocycles. The Morgan fingerprint density at radius 2 is 2.24 bits per heavy atom. The highest BCUT2D eigenvalue weighted by Crippen LogP contribution is 2.35. The van der Waals surface area contributed by atoms with Gasteiger partial charge in [-0.15, -0.1) is 0 Å². The molecule has 2 fully saturated rings. The Kier molecular flexibility index (Phi) is 2.71. The van der Waals surface area contributed by atoms with E-state index in [9.17, 15) is 0 Å². The van der Waals surface area contributed by atoms with Crippen LogP contribution in [0.15, 0.2) is 18.2 Å². The van der Waals surface area contributed by atoms with E-state index in [-0.39, 0.29) is 0 Å². The minimum Gasteiger partial charge on any atom is -0.398 e. The number of morpholine rings is 1. The number of nitrogen functional groups attached to an aromatic ring is 1. The molecule has 0 radical (unpaired) electrons. The number of benzene rings is 1. The maximum Gasteiger partial charge on any atom is 0.0779 e. The third-order valence-corrected chi connectivity index (χ3v) is 4.14. The number of hydrogen-bond acceptors (Lipinski definition) is 3. The quantitative estimate of drug-likeness (QED) is 0.755. The van der Waals surface area contributed by atoms with Crippen LogP contribution in [0.4, 0.5) is 11.4 Å². The molecule has 1 heterocycles. The monoisotopic (exact) mass is 232 g/mol. The summed E-state index contributed by atoms with van der Waals surface area (Å²) in [6, 6.07) is 6.78. The summed E-state index contributed by atoms with van der Waals surface area (Å²) < 4.78 is 5.85. The Bertz CT molecular complexity index is 419. The summed E-state index contributed by atoms with van der Waals surface area (Å²) in [7, 11) is 0. The Hall–Kier alpha value is -1.22. The zero-order valence-electron chi connectivity index (χ0n) is 10.4. The highest BCUT2D eigenvalue weighted by Gasteiger charge is 2.36. The van der Waals surface area contributed by atoms with Crippen molar-refractivity contribution in [2.45, 2.75) is 38.3 Å². The lowest BCUT2D eigenvalue weighted by Crippen LogP contribution is -2.48. The largest absolute Gasteiger partial charge is 0.398 e. The topological polar surface area (TPSA) is 38.5 Å². The third-order valence-electron chi connectivity index (χ3n) is 4.14. The van der Waals surface area contributed by atoms with Gasteiger partial charge in [0.1, 0.15) is 0 Å². The average Bonchev–Trinajstić information content (AvgIpc) is 2.81. The van der Waals surface area contributed by atoms with Gasteiger partial charge in [-0.2, -0.15) is 0 Å². The molecule has 1 aromatic carbocycles. The number of fused-ring (bicyclic) bond motifs is 1. The maximum absolute atomic E-state index is 6.01. The maximum atomic E-state index is 6.01. The lowest BCUT2D eigenvalue weighted by atomic mass is 10.1. The molecule has 1 saturated carbocycles. The molecule has 17 heavy (non-hydrogen) atoms. The lowest BCUT2D eigenvalue weighted by Gasteiger charge is -2.40. The van der Waals surface area contributed by atoms with Crippen molar-refractivity contribution < 1.29 is 4.74 Å². The van der Waals surface area contributed by atoms with Crippen LogP contribution >= 0.6 is 0 Å². The molecular weight excluding hydrogens is 212 g/mol. The van der Waals surface area contributed by atoms with E-state index in [1.807, 2.05) is 6.07 Å². The van der Waals surface area contributed by atoms with Crippen molar-refractivity contribution in [3.05, 3.63) is 23.8 Å². The first-order valence-corrected chi connectivity index (χ1v) is 6.50. The molecular formula is C14H20N2O. The second kappa shape index (κ2) is 4.22. The molecule has 3 nitrogen and oxygen atoms in total. The summed E-state index contributed by atoms with van der Waals surface area (Å²) >= 11 is 0. The Morgan fingerprint density at radius 1 is 1.35 bits per heavy atom. The second-order valence-electron chi connectivity index (χ2n) is 5.09. The van der Waals surface area contributed by atoms with Crippen molar-refractivity contribution in [2.24, 2.45) is 0 Å². The standard InChI is InChI=1S/C14H20N2O/c1-10-11(15)4-2-5-12(10)16-8-9-17-14-7-3-6-13(14)16/h2,4-5,13-14H,3,6-9,15H2,1H3. The van der Waals surface area contributed by atoms with E-state index < -0.39 is 0 Å². The van der Waals surface area contributed by atoms with Gasteiger partial charge >= 0.3 is 0 Å². The minimum absolute atomic E-state index is 0.435. The fourth-order valence-corrected chi connectivity index (χ4v) is 3.18. The van der Waals surface area contributed by atoms with Gasteiger partial charge in [0.05, 0.1) is 18.8 Å². The van der Waals surface area contributed by atoms with Crippen molar-refractivity contribution in [3.63, 3.8) is 0 Å². The normalized spacial score (nSPS) is 28.2. The number of nitrogens with two attached hydrogens (primary N) is 1. The van der Waals surface area contributed by atoms with E-state index in [2.05, 4.69) is 24.0 Å². The van der Waals surface area contributed by atoms with E-state index in [0.29, 0.717) is 12.1 Å². The predicted octanol–water partition coefficient (Wildman–Crippen LogP) is 2.33. The van der Waals surface area contributed by atoms with Crippen LogP contribution in [-0.2, 0) is 4.74 Å². The first-order chi connectivity index (χ1) is 8.27. The SMILES string of the molecule is Cc1c(N)cccc1N1CCOC2CCCC21. The van der Waals surface area contributed by atoms with Crippen LogP contribution in [0.3, 0.4) is 0 Å². The second-order valence-corrected chi connectivity index (χ2v) is 5.09. The van der Waals surface area contributed by atoms with Crippen molar-refractivity contribution >= 4 is 11.4 Å². The molecule has 3 heteroatoms. The van der Waals surface area contributed by atoms with Crippen LogP contribution in [-0.4, -0.2) is 25.3 Å². The molecule has 3 rings (SSSR count). The van der Waals surface area contributed by atoms with Gasteiger partial charge in [-0.25, -0.2) is 0 Å². The lowest BCUT2D eigenvalue weighted by molar-refractivity contribution is 0.0256. The minimum atomic E-state index is 0.435. The number of ether oxygens (including phenoxy) is 1. The predicted molar refractivity (Wildman–Crippen MR) is 70.3 cm³/mol. The van der Waals surface area contributed by atoms with Crippen LogP contribution in [0.1, 0.15) is 24.8 Å². The van der Waals surface area contributed by atoms with Crippen LogP contribution in [0, 0.1) is 6.92 Å². The summed E-state index contributed by atoms with van der Waals surface area (Å²) in [6.07, 6.45) is 4.18. The van der Waals surface area contributed by atoms with Gasteiger partial charge in [0.2, 0.25) is 0 Å². The number of anilines is 2. The van der Waals surface area contributed by atoms with Gasteiger partial charge in [0.15, 0.2) is 0 Å². The van der Waals surface area contributed by atoms with Gasteiger partial charge in [-0.3, -0.25) is 0 Å². The fourth-order valence-electron chi connectivity index (χ4n) is 3.18. The Balaban J connectivity index is 1.94.